The van der Waals surface area contributed by atoms with Gasteiger partial charge in [-0.25, -0.2) is 0 Å². The Hall–Kier alpha value is -3.64. The van der Waals surface area contributed by atoms with Gasteiger partial charge in [-0.3, -0.25) is 4.79 Å². The Balaban J connectivity index is 1.59. The molecule has 33 heavy (non-hydrogen) atoms. The summed E-state index contributed by atoms with van der Waals surface area (Å²) in [6, 6.07) is 26.0. The van der Waals surface area contributed by atoms with Crippen molar-refractivity contribution in [3.63, 3.8) is 0 Å². The van der Waals surface area contributed by atoms with E-state index in [-0.39, 0.29) is 5.56 Å². The molecular formula is C27H27N3O2S. The molecule has 0 fully saturated rings. The molecule has 4 rings (SSSR count). The summed E-state index contributed by atoms with van der Waals surface area (Å²) in [5, 5.41) is 4.96. The fourth-order valence-electron chi connectivity index (χ4n) is 3.79. The number of nitrogens with zero attached hydrogens (tertiary/aromatic N) is 1. The lowest BCUT2D eigenvalue weighted by molar-refractivity contribution is 0.395. The van der Waals surface area contributed by atoms with Crippen LogP contribution in [0.2, 0.25) is 0 Å². The minimum absolute atomic E-state index is 0.0950. The van der Waals surface area contributed by atoms with Crippen molar-refractivity contribution >= 4 is 28.2 Å². The predicted octanol–water partition coefficient (Wildman–Crippen LogP) is 4.92. The van der Waals surface area contributed by atoms with Crippen LogP contribution in [0.5, 0.6) is 5.75 Å². The molecule has 0 saturated heterocycles. The van der Waals surface area contributed by atoms with Gasteiger partial charge < -0.3 is 19.9 Å². The summed E-state index contributed by atoms with van der Waals surface area (Å²) in [4.78, 5) is 18.0. The smallest absolute Gasteiger partial charge is 0.253 e. The number of hydrogen-bond acceptors (Lipinski definition) is 3. The highest BCUT2D eigenvalue weighted by Gasteiger charge is 2.15. The first-order valence-electron chi connectivity index (χ1n) is 10.8. The first-order chi connectivity index (χ1) is 16.0. The Morgan fingerprint density at radius 2 is 1.73 bits per heavy atom. The zero-order valence-electron chi connectivity index (χ0n) is 18.8. The Morgan fingerprint density at radius 1 is 0.970 bits per heavy atom. The number of H-pyrrole nitrogens is 1. The quantitative estimate of drug-likeness (QED) is 0.386. The average molecular weight is 458 g/mol. The van der Waals surface area contributed by atoms with Gasteiger partial charge in [0.25, 0.3) is 5.56 Å². The Labute approximate surface area is 199 Å². The monoisotopic (exact) mass is 457 g/mol. The molecule has 0 aliphatic rings. The van der Waals surface area contributed by atoms with Crippen molar-refractivity contribution < 1.29 is 4.74 Å². The molecular weight excluding hydrogens is 430 g/mol. The molecule has 3 aromatic carbocycles. The molecule has 0 radical (unpaired) electrons. The van der Waals surface area contributed by atoms with E-state index < -0.39 is 0 Å². The molecule has 0 amide bonds. The maximum Gasteiger partial charge on any atom is 0.253 e. The summed E-state index contributed by atoms with van der Waals surface area (Å²) in [6.07, 6.45) is 0. The third-order valence-corrected chi connectivity index (χ3v) is 6.03. The molecule has 0 atom stereocenters. The van der Waals surface area contributed by atoms with E-state index in [1.165, 1.54) is 0 Å². The Kier molecular flexibility index (Phi) is 7.05. The molecule has 0 spiro atoms. The largest absolute Gasteiger partial charge is 0.497 e. The third kappa shape index (κ3) is 5.59. The second kappa shape index (κ2) is 10.3. The van der Waals surface area contributed by atoms with Crippen molar-refractivity contribution in [2.45, 2.75) is 26.6 Å². The van der Waals surface area contributed by atoms with E-state index in [1.807, 2.05) is 78.6 Å². The first-order valence-corrected chi connectivity index (χ1v) is 11.3. The number of aromatic amines is 1. The van der Waals surface area contributed by atoms with Gasteiger partial charge in [-0.1, -0.05) is 60.7 Å². The van der Waals surface area contributed by atoms with E-state index in [1.54, 1.807) is 7.11 Å². The molecule has 0 unspecified atom stereocenters. The molecule has 0 saturated carbocycles. The lowest BCUT2D eigenvalue weighted by atomic mass is 10.1. The number of hydrogen-bond donors (Lipinski definition) is 2. The van der Waals surface area contributed by atoms with Gasteiger partial charge in [-0.05, 0) is 59.4 Å². The minimum atomic E-state index is -0.0950. The molecule has 168 valence electrons. The van der Waals surface area contributed by atoms with Gasteiger partial charge in [0.1, 0.15) is 5.75 Å². The zero-order valence-corrected chi connectivity index (χ0v) is 19.6. The van der Waals surface area contributed by atoms with Crippen LogP contribution in [0.3, 0.4) is 0 Å². The highest BCUT2D eigenvalue weighted by atomic mass is 32.1. The SMILES string of the molecule is COc1ccc(CN(Cc2cc3cccc(C)c3[nH]c2=O)C(=S)NCc2ccccc2)cc1. The minimum Gasteiger partial charge on any atom is -0.497 e. The van der Waals surface area contributed by atoms with E-state index in [4.69, 9.17) is 17.0 Å². The first kappa shape index (κ1) is 22.6. The highest BCUT2D eigenvalue weighted by molar-refractivity contribution is 7.80. The van der Waals surface area contributed by atoms with Crippen LogP contribution >= 0.6 is 12.2 Å². The molecule has 1 heterocycles. The molecule has 5 nitrogen and oxygen atoms in total. The highest BCUT2D eigenvalue weighted by Crippen LogP contribution is 2.18. The predicted molar refractivity (Wildman–Crippen MR) is 137 cm³/mol. The van der Waals surface area contributed by atoms with Gasteiger partial charge >= 0.3 is 0 Å². The van der Waals surface area contributed by atoms with Crippen molar-refractivity contribution in [2.75, 3.05) is 7.11 Å². The number of ether oxygens (including phenoxy) is 1. The van der Waals surface area contributed by atoms with Crippen LogP contribution in [0.1, 0.15) is 22.3 Å². The fraction of sp³-hybridized carbons (Fsp3) is 0.185. The maximum absolute atomic E-state index is 12.9. The number of pyridine rings is 1. The van der Waals surface area contributed by atoms with Gasteiger partial charge in [-0.2, -0.15) is 0 Å². The van der Waals surface area contributed by atoms with Gasteiger partial charge in [0.05, 0.1) is 19.2 Å². The lowest BCUT2D eigenvalue weighted by Gasteiger charge is -2.26. The van der Waals surface area contributed by atoms with Gasteiger partial charge in [0.15, 0.2) is 5.11 Å². The number of rotatable bonds is 7. The number of methoxy groups -OCH3 is 1. The van der Waals surface area contributed by atoms with Crippen LogP contribution in [0.25, 0.3) is 10.9 Å². The summed E-state index contributed by atoms with van der Waals surface area (Å²) in [5.74, 6) is 0.802. The summed E-state index contributed by atoms with van der Waals surface area (Å²) >= 11 is 5.76. The number of para-hydroxylation sites is 1. The molecule has 0 aliphatic heterocycles. The van der Waals surface area contributed by atoms with Gasteiger partial charge in [-0.15, -0.1) is 0 Å². The molecule has 6 heteroatoms. The lowest BCUT2D eigenvalue weighted by Crippen LogP contribution is -2.39. The van der Waals surface area contributed by atoms with Crippen LogP contribution in [-0.2, 0) is 19.6 Å². The van der Waals surface area contributed by atoms with E-state index in [2.05, 4.69) is 22.4 Å². The van der Waals surface area contributed by atoms with Gasteiger partial charge in [0.2, 0.25) is 0 Å². The fourth-order valence-corrected chi connectivity index (χ4v) is 3.99. The van der Waals surface area contributed by atoms with E-state index in [0.717, 1.165) is 33.3 Å². The second-order valence-electron chi connectivity index (χ2n) is 8.01. The van der Waals surface area contributed by atoms with Crippen LogP contribution in [0.15, 0.2) is 83.7 Å². The number of thiocarbonyl (C=S) groups is 1. The van der Waals surface area contributed by atoms with Crippen molar-refractivity contribution in [1.29, 1.82) is 0 Å². The zero-order chi connectivity index (χ0) is 23.2. The number of nitrogens with one attached hydrogen (secondary N) is 2. The summed E-state index contributed by atoms with van der Waals surface area (Å²) in [6.45, 7) is 3.57. The Bertz CT molecular complexity index is 1300. The third-order valence-electron chi connectivity index (χ3n) is 5.63. The summed E-state index contributed by atoms with van der Waals surface area (Å²) in [7, 11) is 1.65. The van der Waals surface area contributed by atoms with E-state index >= 15 is 0 Å². The van der Waals surface area contributed by atoms with Crippen molar-refractivity contribution in [1.82, 2.24) is 15.2 Å². The van der Waals surface area contributed by atoms with Crippen molar-refractivity contribution in [3.8, 4) is 5.75 Å². The molecule has 2 N–H and O–H groups in total. The van der Waals surface area contributed by atoms with Crippen LogP contribution in [0.4, 0.5) is 0 Å². The average Bonchev–Trinajstić information content (AvgIpc) is 2.84. The Morgan fingerprint density at radius 3 is 2.45 bits per heavy atom. The summed E-state index contributed by atoms with van der Waals surface area (Å²) < 4.78 is 5.27. The van der Waals surface area contributed by atoms with Crippen molar-refractivity contribution in [2.24, 2.45) is 0 Å². The molecule has 0 aliphatic carbocycles. The van der Waals surface area contributed by atoms with E-state index in [0.29, 0.717) is 30.3 Å². The molecule has 0 bridgehead atoms. The van der Waals surface area contributed by atoms with Crippen LogP contribution in [-0.4, -0.2) is 22.1 Å². The molecule has 4 aromatic rings. The van der Waals surface area contributed by atoms with Crippen molar-refractivity contribution in [3.05, 3.63) is 111 Å². The number of fused-ring (bicyclic) bond motifs is 1. The number of aryl methyl sites for hydroxylation is 1. The number of aromatic nitrogens is 1. The van der Waals surface area contributed by atoms with Crippen LogP contribution < -0.4 is 15.6 Å². The summed E-state index contributed by atoms with van der Waals surface area (Å²) in [5.41, 5.74) is 4.72. The number of benzene rings is 3. The van der Waals surface area contributed by atoms with E-state index in [9.17, 15) is 4.79 Å². The van der Waals surface area contributed by atoms with Gasteiger partial charge in [0, 0.05) is 18.7 Å². The second-order valence-corrected chi connectivity index (χ2v) is 8.40. The normalized spacial score (nSPS) is 10.7. The van der Waals surface area contributed by atoms with Crippen LogP contribution in [0, 0.1) is 6.92 Å². The standard InChI is InChI=1S/C27H27N3O2S/c1-19-7-6-10-22-15-23(26(31)29-25(19)22)18-30(17-21-11-13-24(32-2)14-12-21)27(33)28-16-20-8-4-3-5-9-20/h3-15H,16-18H2,1-2H3,(H,28,33)(H,29,31). The molecule has 1 aromatic heterocycles. The maximum atomic E-state index is 12.9. The topological polar surface area (TPSA) is 57.4 Å².